The van der Waals surface area contributed by atoms with Crippen molar-refractivity contribution in [2.45, 2.75) is 46.1 Å². The Balaban J connectivity index is 2.37. The SMILES string of the molecule is CC/C=C/CCC[C@H](C)C(=O)NCc1ccc(O)c(OC)c1. The van der Waals surface area contributed by atoms with E-state index in [1.165, 1.54) is 7.11 Å². The van der Waals surface area contributed by atoms with Gasteiger partial charge in [0.25, 0.3) is 0 Å². The third-order valence-corrected chi connectivity index (χ3v) is 3.57. The van der Waals surface area contributed by atoms with Crippen LogP contribution in [0.25, 0.3) is 0 Å². The molecule has 1 amide bonds. The Morgan fingerprint density at radius 2 is 2.18 bits per heavy atom. The topological polar surface area (TPSA) is 58.6 Å². The molecule has 22 heavy (non-hydrogen) atoms. The van der Waals surface area contributed by atoms with Crippen LogP contribution < -0.4 is 10.1 Å². The molecule has 0 saturated carbocycles. The first-order chi connectivity index (χ1) is 10.6. The number of aromatic hydroxyl groups is 1. The number of methoxy groups -OCH3 is 1. The third-order valence-electron chi connectivity index (χ3n) is 3.57. The number of amides is 1. The molecule has 0 aliphatic carbocycles. The number of ether oxygens (including phenoxy) is 1. The summed E-state index contributed by atoms with van der Waals surface area (Å²) in [4.78, 5) is 12.0. The van der Waals surface area contributed by atoms with E-state index in [-0.39, 0.29) is 17.6 Å². The number of unbranched alkanes of at least 4 members (excludes halogenated alkanes) is 1. The van der Waals surface area contributed by atoms with E-state index in [0.29, 0.717) is 12.3 Å². The molecule has 0 saturated heterocycles. The van der Waals surface area contributed by atoms with Crippen LogP contribution in [0.1, 0.15) is 45.1 Å². The molecule has 0 heterocycles. The monoisotopic (exact) mass is 305 g/mol. The maximum atomic E-state index is 12.0. The minimum Gasteiger partial charge on any atom is -0.504 e. The lowest BCUT2D eigenvalue weighted by Crippen LogP contribution is -2.28. The van der Waals surface area contributed by atoms with Gasteiger partial charge in [-0.15, -0.1) is 0 Å². The summed E-state index contributed by atoms with van der Waals surface area (Å²) in [6.07, 6.45) is 8.33. The van der Waals surface area contributed by atoms with E-state index in [4.69, 9.17) is 4.74 Å². The normalized spacial score (nSPS) is 12.3. The maximum absolute atomic E-state index is 12.0. The van der Waals surface area contributed by atoms with Gasteiger partial charge in [0.15, 0.2) is 11.5 Å². The predicted molar refractivity (Wildman–Crippen MR) is 89.0 cm³/mol. The Hall–Kier alpha value is -1.97. The summed E-state index contributed by atoms with van der Waals surface area (Å²) in [6, 6.07) is 5.08. The Morgan fingerprint density at radius 3 is 2.86 bits per heavy atom. The van der Waals surface area contributed by atoms with Crippen LogP contribution in [0.2, 0.25) is 0 Å². The van der Waals surface area contributed by atoms with Crippen molar-refractivity contribution < 1.29 is 14.6 Å². The first kappa shape index (κ1) is 18.1. The molecule has 0 radical (unpaired) electrons. The maximum Gasteiger partial charge on any atom is 0.223 e. The number of phenolic OH excluding ortho intramolecular Hbond substituents is 1. The van der Waals surface area contributed by atoms with E-state index in [2.05, 4.69) is 24.4 Å². The molecule has 0 unspecified atom stereocenters. The van der Waals surface area contributed by atoms with Gasteiger partial charge in [-0.3, -0.25) is 4.79 Å². The number of carbonyl (C=O) groups excluding carboxylic acids is 1. The van der Waals surface area contributed by atoms with E-state index in [1.807, 2.05) is 6.92 Å². The van der Waals surface area contributed by atoms with Gasteiger partial charge in [0.1, 0.15) is 0 Å². The van der Waals surface area contributed by atoms with Gasteiger partial charge in [-0.05, 0) is 43.4 Å². The minimum absolute atomic E-state index is 0.00837. The molecule has 1 aromatic carbocycles. The fourth-order valence-corrected chi connectivity index (χ4v) is 2.15. The zero-order chi connectivity index (χ0) is 16.4. The summed E-state index contributed by atoms with van der Waals surface area (Å²) in [7, 11) is 1.51. The van der Waals surface area contributed by atoms with Gasteiger partial charge in [0.2, 0.25) is 5.91 Å². The molecule has 4 nitrogen and oxygen atoms in total. The second-order valence-electron chi connectivity index (χ2n) is 5.44. The lowest BCUT2D eigenvalue weighted by atomic mass is 10.0. The zero-order valence-electron chi connectivity index (χ0n) is 13.8. The average Bonchev–Trinajstić information content (AvgIpc) is 2.53. The van der Waals surface area contributed by atoms with Crippen LogP contribution >= 0.6 is 0 Å². The second kappa shape index (κ2) is 9.87. The number of hydrogen-bond donors (Lipinski definition) is 2. The average molecular weight is 305 g/mol. The number of rotatable bonds is 9. The van der Waals surface area contributed by atoms with Crippen LogP contribution in [0.4, 0.5) is 0 Å². The van der Waals surface area contributed by atoms with Crippen LogP contribution in [-0.4, -0.2) is 18.1 Å². The van der Waals surface area contributed by atoms with Crippen LogP contribution in [0.5, 0.6) is 11.5 Å². The molecule has 0 aliphatic rings. The highest BCUT2D eigenvalue weighted by molar-refractivity contribution is 5.78. The molecule has 0 aliphatic heterocycles. The summed E-state index contributed by atoms with van der Waals surface area (Å²) < 4.78 is 5.06. The van der Waals surface area contributed by atoms with Gasteiger partial charge < -0.3 is 15.2 Å². The summed E-state index contributed by atoms with van der Waals surface area (Å²) in [6.45, 7) is 4.51. The molecule has 1 aromatic rings. The van der Waals surface area contributed by atoms with Crippen molar-refractivity contribution >= 4 is 5.91 Å². The Morgan fingerprint density at radius 1 is 1.41 bits per heavy atom. The highest BCUT2D eigenvalue weighted by Gasteiger charge is 2.12. The van der Waals surface area contributed by atoms with E-state index in [9.17, 15) is 9.90 Å². The summed E-state index contributed by atoms with van der Waals surface area (Å²) in [5, 5.41) is 12.5. The van der Waals surface area contributed by atoms with Crippen LogP contribution in [-0.2, 0) is 11.3 Å². The van der Waals surface area contributed by atoms with Gasteiger partial charge in [0, 0.05) is 12.5 Å². The highest BCUT2D eigenvalue weighted by Crippen LogP contribution is 2.26. The third kappa shape index (κ3) is 6.20. The molecule has 122 valence electrons. The first-order valence-electron chi connectivity index (χ1n) is 7.87. The summed E-state index contributed by atoms with van der Waals surface area (Å²) in [5.41, 5.74) is 0.904. The van der Waals surface area contributed by atoms with Crippen LogP contribution in [0.15, 0.2) is 30.4 Å². The van der Waals surface area contributed by atoms with Gasteiger partial charge in [-0.1, -0.05) is 32.1 Å². The van der Waals surface area contributed by atoms with Gasteiger partial charge >= 0.3 is 0 Å². The number of allylic oxidation sites excluding steroid dienone is 2. The molecule has 1 rings (SSSR count). The van der Waals surface area contributed by atoms with Crippen molar-refractivity contribution in [2.75, 3.05) is 7.11 Å². The number of benzene rings is 1. The molecule has 1 atom stereocenters. The predicted octanol–water partition coefficient (Wildman–Crippen LogP) is 3.79. The molecular formula is C18H27NO3. The van der Waals surface area contributed by atoms with Crippen molar-refractivity contribution in [1.82, 2.24) is 5.32 Å². The molecule has 0 spiro atoms. The number of phenols is 1. The second-order valence-corrected chi connectivity index (χ2v) is 5.44. The summed E-state index contributed by atoms with van der Waals surface area (Å²) >= 11 is 0. The Labute approximate surface area is 133 Å². The Kier molecular flexibility index (Phi) is 8.11. The van der Waals surface area contributed by atoms with Gasteiger partial charge in [0.05, 0.1) is 7.11 Å². The van der Waals surface area contributed by atoms with Crippen LogP contribution in [0, 0.1) is 5.92 Å². The van der Waals surface area contributed by atoms with Gasteiger partial charge in [-0.25, -0.2) is 0 Å². The highest BCUT2D eigenvalue weighted by atomic mass is 16.5. The van der Waals surface area contributed by atoms with E-state index in [0.717, 1.165) is 31.2 Å². The molecule has 4 heteroatoms. The lowest BCUT2D eigenvalue weighted by Gasteiger charge is -2.12. The van der Waals surface area contributed by atoms with E-state index < -0.39 is 0 Å². The lowest BCUT2D eigenvalue weighted by molar-refractivity contribution is -0.124. The largest absolute Gasteiger partial charge is 0.504 e. The molecule has 0 bridgehead atoms. The molecule has 0 fully saturated rings. The molecule has 0 aromatic heterocycles. The van der Waals surface area contributed by atoms with Crippen molar-refractivity contribution in [3.8, 4) is 11.5 Å². The van der Waals surface area contributed by atoms with Crippen molar-refractivity contribution in [3.63, 3.8) is 0 Å². The van der Waals surface area contributed by atoms with Crippen molar-refractivity contribution in [3.05, 3.63) is 35.9 Å². The van der Waals surface area contributed by atoms with Gasteiger partial charge in [-0.2, -0.15) is 0 Å². The number of hydrogen-bond acceptors (Lipinski definition) is 3. The number of carbonyl (C=O) groups is 1. The standard InChI is InChI=1S/C18H27NO3/c1-4-5-6-7-8-9-14(2)18(21)19-13-15-10-11-16(20)17(12-15)22-3/h5-6,10-12,14,20H,4,7-9,13H2,1-3H3,(H,19,21)/b6-5+/t14-/m0/s1. The molecular weight excluding hydrogens is 278 g/mol. The fraction of sp³-hybridized carbons (Fsp3) is 0.500. The smallest absolute Gasteiger partial charge is 0.223 e. The van der Waals surface area contributed by atoms with Crippen molar-refractivity contribution in [1.29, 1.82) is 0 Å². The summed E-state index contributed by atoms with van der Waals surface area (Å²) in [5.74, 6) is 0.592. The first-order valence-corrected chi connectivity index (χ1v) is 7.87. The van der Waals surface area contributed by atoms with Crippen LogP contribution in [0.3, 0.4) is 0 Å². The number of nitrogens with one attached hydrogen (secondary N) is 1. The zero-order valence-corrected chi connectivity index (χ0v) is 13.8. The minimum atomic E-state index is 0.00837. The Bertz CT molecular complexity index is 497. The van der Waals surface area contributed by atoms with E-state index >= 15 is 0 Å². The van der Waals surface area contributed by atoms with Crippen molar-refractivity contribution in [2.24, 2.45) is 5.92 Å². The quantitative estimate of drug-likeness (QED) is 0.539. The van der Waals surface area contributed by atoms with E-state index in [1.54, 1.807) is 18.2 Å². The fourth-order valence-electron chi connectivity index (χ4n) is 2.15. The molecule has 2 N–H and O–H groups in total.